The summed E-state index contributed by atoms with van der Waals surface area (Å²) < 4.78 is 22.6. The number of amides is 1. The van der Waals surface area contributed by atoms with E-state index in [2.05, 4.69) is 10.4 Å². The Morgan fingerprint density at radius 2 is 1.78 bits per heavy atom. The van der Waals surface area contributed by atoms with E-state index in [9.17, 15) is 9.59 Å². The topological polar surface area (TPSA) is 101 Å². The highest BCUT2D eigenvalue weighted by Gasteiger charge is 2.21. The van der Waals surface area contributed by atoms with Gasteiger partial charge >= 0.3 is 5.97 Å². The summed E-state index contributed by atoms with van der Waals surface area (Å²) in [6, 6.07) is 12.2. The number of nitrogens with one attached hydrogen (secondary N) is 1. The van der Waals surface area contributed by atoms with Crippen LogP contribution >= 0.6 is 11.6 Å². The van der Waals surface area contributed by atoms with E-state index in [0.29, 0.717) is 22.2 Å². The molecule has 1 aromatic heterocycles. The van der Waals surface area contributed by atoms with Gasteiger partial charge in [-0.1, -0.05) is 29.8 Å². The van der Waals surface area contributed by atoms with Crippen molar-refractivity contribution in [2.75, 3.05) is 32.8 Å². The highest BCUT2D eigenvalue weighted by Crippen LogP contribution is 2.35. The fourth-order valence-corrected chi connectivity index (χ4v) is 3.04. The van der Waals surface area contributed by atoms with Crippen LogP contribution in [0.15, 0.2) is 48.7 Å². The molecule has 0 aliphatic rings. The first-order chi connectivity index (χ1) is 15.5. The van der Waals surface area contributed by atoms with Crippen LogP contribution in [-0.2, 0) is 9.53 Å². The average Bonchev–Trinajstić information content (AvgIpc) is 3.24. The van der Waals surface area contributed by atoms with Crippen LogP contribution in [0.25, 0.3) is 5.69 Å². The number of benzene rings is 2. The first-order valence-electron chi connectivity index (χ1n) is 9.63. The zero-order valence-electron chi connectivity index (χ0n) is 17.8. The molecule has 0 radical (unpaired) electrons. The van der Waals surface area contributed by atoms with Crippen molar-refractivity contribution in [1.82, 2.24) is 9.78 Å². The predicted octanol–water partition coefficient (Wildman–Crippen LogP) is 3.74. The third kappa shape index (κ3) is 5.30. The molecule has 3 aromatic rings. The van der Waals surface area contributed by atoms with Crippen molar-refractivity contribution in [2.24, 2.45) is 0 Å². The van der Waals surface area contributed by atoms with Crippen LogP contribution in [0.3, 0.4) is 0 Å². The summed E-state index contributed by atoms with van der Waals surface area (Å²) in [6.45, 7) is 1.48. The summed E-state index contributed by atoms with van der Waals surface area (Å²) in [4.78, 5) is 24.8. The lowest BCUT2D eigenvalue weighted by atomic mass is 10.2. The third-order valence-corrected chi connectivity index (χ3v) is 4.57. The molecule has 0 spiro atoms. The largest absolute Gasteiger partial charge is 0.495 e. The van der Waals surface area contributed by atoms with Crippen LogP contribution in [0.4, 0.5) is 5.69 Å². The Balaban J connectivity index is 1.78. The number of esters is 1. The van der Waals surface area contributed by atoms with Gasteiger partial charge in [0, 0.05) is 12.1 Å². The molecule has 0 bridgehead atoms. The van der Waals surface area contributed by atoms with Crippen molar-refractivity contribution in [2.45, 2.75) is 6.92 Å². The Morgan fingerprint density at radius 3 is 2.44 bits per heavy atom. The van der Waals surface area contributed by atoms with Crippen LogP contribution in [0.5, 0.6) is 17.2 Å². The summed E-state index contributed by atoms with van der Waals surface area (Å²) in [6.07, 6.45) is 1.51. The summed E-state index contributed by atoms with van der Waals surface area (Å²) in [7, 11) is 2.91. The number of nitrogens with zero attached hydrogens (tertiary/aromatic N) is 2. The van der Waals surface area contributed by atoms with Crippen LogP contribution in [0, 0.1) is 0 Å². The molecule has 32 heavy (non-hydrogen) atoms. The van der Waals surface area contributed by atoms with Crippen molar-refractivity contribution in [3.8, 4) is 22.9 Å². The lowest BCUT2D eigenvalue weighted by Crippen LogP contribution is -2.21. The van der Waals surface area contributed by atoms with Gasteiger partial charge in [0.15, 0.2) is 12.4 Å². The van der Waals surface area contributed by atoms with Crippen LogP contribution in [0.2, 0.25) is 5.02 Å². The van der Waals surface area contributed by atoms with Crippen molar-refractivity contribution in [3.05, 3.63) is 59.4 Å². The van der Waals surface area contributed by atoms with Crippen molar-refractivity contribution >= 4 is 29.2 Å². The molecule has 1 N–H and O–H groups in total. The van der Waals surface area contributed by atoms with E-state index in [1.54, 1.807) is 6.92 Å². The van der Waals surface area contributed by atoms with Crippen LogP contribution < -0.4 is 19.5 Å². The number of hydrogen-bond donors (Lipinski definition) is 1. The monoisotopic (exact) mass is 459 g/mol. The van der Waals surface area contributed by atoms with E-state index >= 15 is 0 Å². The average molecular weight is 460 g/mol. The molecule has 9 nitrogen and oxygen atoms in total. The van der Waals surface area contributed by atoms with Crippen molar-refractivity contribution in [1.29, 1.82) is 0 Å². The van der Waals surface area contributed by atoms with E-state index in [0.717, 1.165) is 5.69 Å². The van der Waals surface area contributed by atoms with Crippen LogP contribution in [0.1, 0.15) is 17.4 Å². The molecule has 1 amide bonds. The SMILES string of the molecule is CCOC(=O)c1nn(-c2ccccc2)cc1OCC(=O)Nc1cc(OC)c(Cl)cc1OC. The first-order valence-corrected chi connectivity index (χ1v) is 10.0. The van der Waals surface area contributed by atoms with Crippen molar-refractivity contribution in [3.63, 3.8) is 0 Å². The number of para-hydroxylation sites is 1. The van der Waals surface area contributed by atoms with E-state index in [-0.39, 0.29) is 24.7 Å². The molecular formula is C22H22ClN3O6. The maximum atomic E-state index is 12.5. The second-order valence-electron chi connectivity index (χ2n) is 6.37. The number of methoxy groups -OCH3 is 2. The summed E-state index contributed by atoms with van der Waals surface area (Å²) in [5.41, 5.74) is 1.04. The molecule has 0 atom stereocenters. The minimum absolute atomic E-state index is 0.0331. The smallest absolute Gasteiger partial charge is 0.362 e. The Labute approximate surface area is 189 Å². The Kier molecular flexibility index (Phi) is 7.56. The molecule has 2 aromatic carbocycles. The third-order valence-electron chi connectivity index (χ3n) is 4.28. The second kappa shape index (κ2) is 10.5. The zero-order chi connectivity index (χ0) is 23.1. The van der Waals surface area contributed by atoms with Gasteiger partial charge in [-0.15, -0.1) is 0 Å². The molecule has 0 saturated carbocycles. The first kappa shape index (κ1) is 23.0. The number of halogens is 1. The summed E-state index contributed by atoms with van der Waals surface area (Å²) >= 11 is 6.09. The summed E-state index contributed by atoms with van der Waals surface area (Å²) in [5, 5.41) is 7.27. The van der Waals surface area contributed by atoms with Gasteiger partial charge in [-0.25, -0.2) is 9.48 Å². The van der Waals surface area contributed by atoms with Gasteiger partial charge in [-0.2, -0.15) is 5.10 Å². The molecule has 0 fully saturated rings. The van der Waals surface area contributed by atoms with Gasteiger partial charge in [-0.3, -0.25) is 4.79 Å². The number of carbonyl (C=O) groups excluding carboxylic acids is 2. The normalized spacial score (nSPS) is 10.4. The number of anilines is 1. The number of carbonyl (C=O) groups is 2. The number of ether oxygens (including phenoxy) is 4. The minimum atomic E-state index is -0.651. The van der Waals surface area contributed by atoms with Gasteiger partial charge in [0.1, 0.15) is 11.5 Å². The Morgan fingerprint density at radius 1 is 1.06 bits per heavy atom. The quantitative estimate of drug-likeness (QED) is 0.486. The van der Waals surface area contributed by atoms with Gasteiger partial charge in [-0.05, 0) is 19.1 Å². The standard InChI is InChI=1S/C22H22ClN3O6/c1-4-31-22(28)21-19(12-26(25-21)14-8-6-5-7-9-14)32-13-20(27)24-16-11-17(29-2)15(23)10-18(16)30-3/h5-12H,4,13H2,1-3H3,(H,24,27). The fourth-order valence-electron chi connectivity index (χ4n) is 2.81. The molecule has 3 rings (SSSR count). The number of hydrogen-bond acceptors (Lipinski definition) is 7. The molecular weight excluding hydrogens is 438 g/mol. The van der Waals surface area contributed by atoms with Gasteiger partial charge in [0.25, 0.3) is 5.91 Å². The summed E-state index contributed by atoms with van der Waals surface area (Å²) in [5.74, 6) is -0.301. The fraction of sp³-hybridized carbons (Fsp3) is 0.227. The van der Waals surface area contributed by atoms with Gasteiger partial charge in [0.2, 0.25) is 5.69 Å². The molecule has 0 aliphatic heterocycles. The zero-order valence-corrected chi connectivity index (χ0v) is 18.5. The maximum absolute atomic E-state index is 12.5. The highest BCUT2D eigenvalue weighted by atomic mass is 35.5. The molecule has 1 heterocycles. The van der Waals surface area contributed by atoms with Crippen molar-refractivity contribution < 1.29 is 28.5 Å². The van der Waals surface area contributed by atoms with E-state index in [1.807, 2.05) is 30.3 Å². The maximum Gasteiger partial charge on any atom is 0.362 e. The Bertz CT molecular complexity index is 1100. The lowest BCUT2D eigenvalue weighted by Gasteiger charge is -2.13. The molecule has 0 saturated heterocycles. The van der Waals surface area contributed by atoms with E-state index in [1.165, 1.54) is 37.2 Å². The second-order valence-corrected chi connectivity index (χ2v) is 6.77. The number of rotatable bonds is 9. The number of aromatic nitrogens is 2. The lowest BCUT2D eigenvalue weighted by molar-refractivity contribution is -0.118. The predicted molar refractivity (Wildman–Crippen MR) is 118 cm³/mol. The van der Waals surface area contributed by atoms with E-state index in [4.69, 9.17) is 30.5 Å². The minimum Gasteiger partial charge on any atom is -0.495 e. The highest BCUT2D eigenvalue weighted by molar-refractivity contribution is 6.32. The molecule has 10 heteroatoms. The van der Waals surface area contributed by atoms with Gasteiger partial charge < -0.3 is 24.3 Å². The molecule has 168 valence electrons. The molecule has 0 aliphatic carbocycles. The molecule has 0 unspecified atom stereocenters. The van der Waals surface area contributed by atoms with Gasteiger partial charge in [0.05, 0.1) is 43.4 Å². The van der Waals surface area contributed by atoms with E-state index < -0.39 is 11.9 Å². The Hall–Kier alpha value is -3.72. The van der Waals surface area contributed by atoms with Crippen LogP contribution in [-0.4, -0.2) is 49.1 Å².